The Morgan fingerprint density at radius 1 is 1.60 bits per heavy atom. The van der Waals surface area contributed by atoms with E-state index < -0.39 is 0 Å². The second-order valence-corrected chi connectivity index (χ2v) is 2.73. The summed E-state index contributed by atoms with van der Waals surface area (Å²) in [4.78, 5) is 4.98. The van der Waals surface area contributed by atoms with Gasteiger partial charge < -0.3 is 5.32 Å². The number of nitrogens with zero attached hydrogens (tertiary/aromatic N) is 1. The van der Waals surface area contributed by atoms with Crippen LogP contribution in [0.5, 0.6) is 0 Å². The Bertz CT molecular complexity index is 256. The molecular formula is C7H6N2S. The summed E-state index contributed by atoms with van der Waals surface area (Å²) in [5, 5.41) is 3.02. The van der Waals surface area contributed by atoms with Crippen LogP contribution in [0.1, 0.15) is 5.56 Å². The molecule has 1 N–H and O–H groups in total. The highest BCUT2D eigenvalue weighted by Crippen LogP contribution is 2.18. The van der Waals surface area contributed by atoms with E-state index in [1.807, 2.05) is 12.1 Å². The van der Waals surface area contributed by atoms with Crippen molar-refractivity contribution in [2.45, 2.75) is 6.42 Å². The molecule has 1 aliphatic heterocycles. The van der Waals surface area contributed by atoms with Crippen molar-refractivity contribution in [3.05, 3.63) is 23.9 Å². The van der Waals surface area contributed by atoms with Gasteiger partial charge in [0, 0.05) is 18.2 Å². The van der Waals surface area contributed by atoms with E-state index in [-0.39, 0.29) is 0 Å². The van der Waals surface area contributed by atoms with Gasteiger partial charge in [0.2, 0.25) is 0 Å². The Hall–Kier alpha value is -0.960. The maximum Gasteiger partial charge on any atom is 0.134 e. The van der Waals surface area contributed by atoms with Crippen molar-refractivity contribution in [1.29, 1.82) is 0 Å². The van der Waals surface area contributed by atoms with Crippen LogP contribution in [0.2, 0.25) is 0 Å². The van der Waals surface area contributed by atoms with E-state index in [1.165, 1.54) is 5.56 Å². The second kappa shape index (κ2) is 2.02. The first-order valence-corrected chi connectivity index (χ1v) is 3.51. The standard InChI is InChI=1S/C7H6N2S/c10-6-4-5-2-1-3-8-7(5)9-6/h1-3H,4H2,(H,8,9,10). The van der Waals surface area contributed by atoms with Crippen LogP contribution in [0.25, 0.3) is 0 Å². The summed E-state index contributed by atoms with van der Waals surface area (Å²) < 4.78 is 0. The molecule has 50 valence electrons. The van der Waals surface area contributed by atoms with Crippen LogP contribution in [-0.2, 0) is 6.42 Å². The minimum atomic E-state index is 0.846. The van der Waals surface area contributed by atoms with Crippen molar-refractivity contribution >= 4 is 23.0 Å². The zero-order valence-corrected chi connectivity index (χ0v) is 6.11. The molecule has 3 heteroatoms. The fourth-order valence-corrected chi connectivity index (χ4v) is 1.30. The van der Waals surface area contributed by atoms with E-state index in [0.717, 1.165) is 17.2 Å². The van der Waals surface area contributed by atoms with Crippen LogP contribution in [0.3, 0.4) is 0 Å². The topological polar surface area (TPSA) is 24.9 Å². The first-order valence-electron chi connectivity index (χ1n) is 3.10. The number of anilines is 1. The Labute approximate surface area is 64.3 Å². The minimum Gasteiger partial charge on any atom is -0.334 e. The molecule has 2 nitrogen and oxygen atoms in total. The number of hydrogen-bond donors (Lipinski definition) is 1. The lowest BCUT2D eigenvalue weighted by Crippen LogP contribution is -2.01. The van der Waals surface area contributed by atoms with E-state index in [9.17, 15) is 0 Å². The highest BCUT2D eigenvalue weighted by atomic mass is 32.1. The van der Waals surface area contributed by atoms with Gasteiger partial charge in [0.25, 0.3) is 0 Å². The van der Waals surface area contributed by atoms with Crippen molar-refractivity contribution in [2.75, 3.05) is 5.32 Å². The summed E-state index contributed by atoms with van der Waals surface area (Å²) in [5.74, 6) is 0.924. The number of aromatic nitrogens is 1. The summed E-state index contributed by atoms with van der Waals surface area (Å²) in [5.41, 5.74) is 1.20. The van der Waals surface area contributed by atoms with Gasteiger partial charge >= 0.3 is 0 Å². The van der Waals surface area contributed by atoms with Crippen molar-refractivity contribution in [3.8, 4) is 0 Å². The van der Waals surface area contributed by atoms with Crippen LogP contribution < -0.4 is 5.32 Å². The molecule has 0 radical (unpaired) electrons. The molecule has 0 saturated heterocycles. The third-order valence-corrected chi connectivity index (χ3v) is 1.75. The number of hydrogen-bond acceptors (Lipinski definition) is 2. The number of nitrogens with one attached hydrogen (secondary N) is 1. The van der Waals surface area contributed by atoms with Gasteiger partial charge in [-0.1, -0.05) is 18.3 Å². The monoisotopic (exact) mass is 150 g/mol. The molecule has 0 atom stereocenters. The largest absolute Gasteiger partial charge is 0.334 e. The van der Waals surface area contributed by atoms with Gasteiger partial charge in [-0.3, -0.25) is 0 Å². The molecule has 10 heavy (non-hydrogen) atoms. The zero-order valence-electron chi connectivity index (χ0n) is 5.29. The lowest BCUT2D eigenvalue weighted by Gasteiger charge is -1.92. The molecule has 1 aromatic heterocycles. The number of pyridine rings is 1. The van der Waals surface area contributed by atoms with Crippen LogP contribution in [0.15, 0.2) is 18.3 Å². The third kappa shape index (κ3) is 0.789. The molecule has 0 amide bonds. The number of fused-ring (bicyclic) bond motifs is 1. The number of thiocarbonyl (C=S) groups is 1. The van der Waals surface area contributed by atoms with Crippen LogP contribution in [0, 0.1) is 0 Å². The fraction of sp³-hybridized carbons (Fsp3) is 0.143. The Kier molecular flexibility index (Phi) is 1.17. The summed E-state index contributed by atoms with van der Waals surface area (Å²) in [7, 11) is 0. The molecule has 1 aliphatic rings. The smallest absolute Gasteiger partial charge is 0.134 e. The molecule has 0 unspecified atom stereocenters. The van der Waals surface area contributed by atoms with E-state index in [4.69, 9.17) is 12.2 Å². The lowest BCUT2D eigenvalue weighted by molar-refractivity contribution is 1.29. The van der Waals surface area contributed by atoms with Gasteiger partial charge in [0.1, 0.15) is 5.82 Å². The van der Waals surface area contributed by atoms with Crippen LogP contribution in [-0.4, -0.2) is 9.97 Å². The highest BCUT2D eigenvalue weighted by molar-refractivity contribution is 7.80. The molecule has 0 saturated carbocycles. The summed E-state index contributed by atoms with van der Waals surface area (Å²) in [6.07, 6.45) is 2.61. The maximum absolute atomic E-state index is 4.97. The molecular weight excluding hydrogens is 144 g/mol. The van der Waals surface area contributed by atoms with Crippen molar-refractivity contribution in [2.24, 2.45) is 0 Å². The highest BCUT2D eigenvalue weighted by Gasteiger charge is 2.13. The molecule has 0 aliphatic carbocycles. The average molecular weight is 150 g/mol. The maximum atomic E-state index is 4.97. The Morgan fingerprint density at radius 3 is 3.30 bits per heavy atom. The molecule has 2 rings (SSSR count). The van der Waals surface area contributed by atoms with Crippen molar-refractivity contribution < 1.29 is 0 Å². The molecule has 0 spiro atoms. The molecule has 0 fully saturated rings. The molecule has 1 aromatic rings. The van der Waals surface area contributed by atoms with Crippen molar-refractivity contribution in [3.63, 3.8) is 0 Å². The first-order chi connectivity index (χ1) is 4.86. The predicted octanol–water partition coefficient (Wildman–Crippen LogP) is 1.38. The van der Waals surface area contributed by atoms with E-state index in [2.05, 4.69) is 10.3 Å². The van der Waals surface area contributed by atoms with Gasteiger partial charge in [-0.25, -0.2) is 4.98 Å². The fourth-order valence-electron chi connectivity index (χ4n) is 1.04. The zero-order chi connectivity index (χ0) is 6.97. The Balaban J connectivity index is 2.51. The normalized spacial score (nSPS) is 14.6. The van der Waals surface area contributed by atoms with E-state index in [0.29, 0.717) is 0 Å². The Morgan fingerprint density at radius 2 is 2.50 bits per heavy atom. The summed E-state index contributed by atoms with van der Waals surface area (Å²) >= 11 is 4.97. The molecule has 2 heterocycles. The van der Waals surface area contributed by atoms with E-state index >= 15 is 0 Å². The quantitative estimate of drug-likeness (QED) is 0.565. The summed E-state index contributed by atoms with van der Waals surface area (Å²) in [6.45, 7) is 0. The van der Waals surface area contributed by atoms with Crippen LogP contribution >= 0.6 is 12.2 Å². The lowest BCUT2D eigenvalue weighted by atomic mass is 10.2. The SMILES string of the molecule is S=C1Cc2cccnc2N1. The molecule has 0 aromatic carbocycles. The van der Waals surface area contributed by atoms with Gasteiger partial charge in [-0.15, -0.1) is 0 Å². The molecule has 0 bridgehead atoms. The van der Waals surface area contributed by atoms with Crippen LogP contribution in [0.4, 0.5) is 5.82 Å². The number of rotatable bonds is 0. The minimum absolute atomic E-state index is 0.846. The predicted molar refractivity (Wildman–Crippen MR) is 44.2 cm³/mol. The summed E-state index contributed by atoms with van der Waals surface area (Å²) in [6, 6.07) is 3.96. The third-order valence-electron chi connectivity index (χ3n) is 1.50. The average Bonchev–Trinajstić information content (AvgIpc) is 2.27. The van der Waals surface area contributed by atoms with Crippen molar-refractivity contribution in [1.82, 2.24) is 4.98 Å². The second-order valence-electron chi connectivity index (χ2n) is 2.24. The van der Waals surface area contributed by atoms with Gasteiger partial charge in [-0.05, 0) is 6.07 Å². The first kappa shape index (κ1) is 5.80. The van der Waals surface area contributed by atoms with Gasteiger partial charge in [0.15, 0.2) is 0 Å². The van der Waals surface area contributed by atoms with Gasteiger partial charge in [0.05, 0.1) is 4.99 Å². The van der Waals surface area contributed by atoms with E-state index in [1.54, 1.807) is 6.20 Å². The van der Waals surface area contributed by atoms with Gasteiger partial charge in [-0.2, -0.15) is 0 Å².